The number of nitrogens with one attached hydrogen (secondary N) is 1. The zero-order valence-electron chi connectivity index (χ0n) is 21.9. The molecule has 3 saturated heterocycles. The monoisotopic (exact) mass is 524 g/mol. The topological polar surface area (TPSA) is 79.1 Å². The number of pyridine rings is 1. The lowest BCUT2D eigenvalue weighted by Crippen LogP contribution is -2.57. The number of nitrogens with zero attached hydrogens (tertiary/aromatic N) is 5. The SMILES string of the molecule is Fc1ccc2onc(N3CCN4CC(COc5cccc(CNCCN6CCOCC6)n5)CCC4C3)c2c1. The van der Waals surface area contributed by atoms with E-state index in [-0.39, 0.29) is 5.82 Å². The average Bonchev–Trinajstić information content (AvgIpc) is 3.38. The van der Waals surface area contributed by atoms with E-state index in [1.807, 2.05) is 18.2 Å². The van der Waals surface area contributed by atoms with Crippen LogP contribution in [-0.2, 0) is 11.3 Å². The van der Waals surface area contributed by atoms with Gasteiger partial charge in [-0.1, -0.05) is 11.2 Å². The minimum atomic E-state index is -0.263. The number of ether oxygens (including phenoxy) is 2. The van der Waals surface area contributed by atoms with E-state index in [1.165, 1.54) is 12.1 Å². The van der Waals surface area contributed by atoms with Gasteiger partial charge in [0.25, 0.3) is 0 Å². The number of aromatic nitrogens is 2. The summed E-state index contributed by atoms with van der Waals surface area (Å²) in [5.74, 6) is 1.68. The Labute approximate surface area is 222 Å². The summed E-state index contributed by atoms with van der Waals surface area (Å²) in [5, 5.41) is 8.51. The van der Waals surface area contributed by atoms with Gasteiger partial charge in [-0.25, -0.2) is 9.37 Å². The van der Waals surface area contributed by atoms with Crippen molar-refractivity contribution in [2.24, 2.45) is 5.92 Å². The van der Waals surface area contributed by atoms with Gasteiger partial charge in [0, 0.05) is 76.9 Å². The van der Waals surface area contributed by atoms with E-state index in [1.54, 1.807) is 6.07 Å². The molecule has 3 aliphatic rings. The molecule has 2 atom stereocenters. The van der Waals surface area contributed by atoms with Gasteiger partial charge in [0.05, 0.1) is 30.9 Å². The molecule has 2 unspecified atom stereocenters. The second-order valence-corrected chi connectivity index (χ2v) is 10.6. The molecule has 1 N–H and O–H groups in total. The Morgan fingerprint density at radius 2 is 1.97 bits per heavy atom. The van der Waals surface area contributed by atoms with E-state index >= 15 is 0 Å². The van der Waals surface area contributed by atoms with Gasteiger partial charge in [-0.05, 0) is 37.1 Å². The molecule has 10 heteroatoms. The number of morpholine rings is 1. The van der Waals surface area contributed by atoms with E-state index in [0.29, 0.717) is 30.0 Å². The van der Waals surface area contributed by atoms with Gasteiger partial charge < -0.3 is 24.2 Å². The number of anilines is 1. The first-order valence-corrected chi connectivity index (χ1v) is 13.8. The molecule has 1 aromatic carbocycles. The molecule has 0 bridgehead atoms. The second kappa shape index (κ2) is 11.9. The number of rotatable bonds is 9. The van der Waals surface area contributed by atoms with E-state index in [4.69, 9.17) is 19.0 Å². The van der Waals surface area contributed by atoms with E-state index in [9.17, 15) is 4.39 Å². The normalized spacial score (nSPS) is 23.0. The zero-order chi connectivity index (χ0) is 25.7. The van der Waals surface area contributed by atoms with Crippen molar-refractivity contribution in [2.75, 3.05) is 77.1 Å². The van der Waals surface area contributed by atoms with E-state index in [2.05, 4.69) is 25.2 Å². The number of piperidine rings is 1. The van der Waals surface area contributed by atoms with Crippen molar-refractivity contribution < 1.29 is 18.4 Å². The van der Waals surface area contributed by atoms with Gasteiger partial charge in [-0.2, -0.15) is 0 Å². The molecular formula is C28H37FN6O3. The maximum absolute atomic E-state index is 13.8. The largest absolute Gasteiger partial charge is 0.477 e. The molecule has 2 aromatic heterocycles. The summed E-state index contributed by atoms with van der Waals surface area (Å²) >= 11 is 0. The van der Waals surface area contributed by atoms with Crippen molar-refractivity contribution in [3.8, 4) is 5.88 Å². The zero-order valence-corrected chi connectivity index (χ0v) is 21.9. The first kappa shape index (κ1) is 25.5. The minimum Gasteiger partial charge on any atom is -0.477 e. The summed E-state index contributed by atoms with van der Waals surface area (Å²) < 4.78 is 30.8. The van der Waals surface area contributed by atoms with Crippen LogP contribution in [0.25, 0.3) is 11.0 Å². The number of benzene rings is 1. The van der Waals surface area contributed by atoms with Gasteiger partial charge in [-0.3, -0.25) is 9.80 Å². The number of halogens is 1. The van der Waals surface area contributed by atoms with Crippen LogP contribution in [0.2, 0.25) is 0 Å². The molecule has 3 fully saturated rings. The number of hydrogen-bond acceptors (Lipinski definition) is 9. The van der Waals surface area contributed by atoms with Crippen molar-refractivity contribution in [1.82, 2.24) is 25.3 Å². The highest BCUT2D eigenvalue weighted by Gasteiger charge is 2.34. The Morgan fingerprint density at radius 1 is 1.05 bits per heavy atom. The van der Waals surface area contributed by atoms with Crippen LogP contribution in [0, 0.1) is 11.7 Å². The summed E-state index contributed by atoms with van der Waals surface area (Å²) in [7, 11) is 0. The fourth-order valence-electron chi connectivity index (χ4n) is 5.83. The Morgan fingerprint density at radius 3 is 2.89 bits per heavy atom. The quantitative estimate of drug-likeness (QED) is 0.425. The van der Waals surface area contributed by atoms with Gasteiger partial charge in [-0.15, -0.1) is 0 Å². The van der Waals surface area contributed by atoms with Gasteiger partial charge >= 0.3 is 0 Å². The molecule has 38 heavy (non-hydrogen) atoms. The summed E-state index contributed by atoms with van der Waals surface area (Å²) in [4.78, 5) is 11.9. The van der Waals surface area contributed by atoms with Crippen LogP contribution in [-0.4, -0.2) is 98.2 Å². The molecule has 204 valence electrons. The number of hydrogen-bond donors (Lipinski definition) is 1. The van der Waals surface area contributed by atoms with Crippen LogP contribution in [0.1, 0.15) is 18.5 Å². The molecule has 0 aliphatic carbocycles. The molecule has 0 saturated carbocycles. The Kier molecular flexibility index (Phi) is 8.01. The smallest absolute Gasteiger partial charge is 0.213 e. The molecule has 9 nitrogen and oxygen atoms in total. The lowest BCUT2D eigenvalue weighted by molar-refractivity contribution is 0.0384. The van der Waals surface area contributed by atoms with Gasteiger partial charge in [0.2, 0.25) is 5.88 Å². The standard InChI is InChI=1S/C28H37FN6O3/c29-22-5-7-26-25(16-22)28(32-38-26)35-11-10-34-18-21(4-6-24(34)19-35)20-37-27-3-1-2-23(31-27)17-30-8-9-33-12-14-36-15-13-33/h1-3,5,7,16,21,24,30H,4,6,8-15,17-20H2. The highest BCUT2D eigenvalue weighted by Crippen LogP contribution is 2.31. The van der Waals surface area contributed by atoms with Crippen LogP contribution in [0.15, 0.2) is 40.9 Å². The third-order valence-electron chi connectivity index (χ3n) is 7.98. The minimum absolute atomic E-state index is 0.263. The second-order valence-electron chi connectivity index (χ2n) is 10.6. The van der Waals surface area contributed by atoms with Crippen LogP contribution >= 0.6 is 0 Å². The van der Waals surface area contributed by atoms with Crippen molar-refractivity contribution >= 4 is 16.8 Å². The van der Waals surface area contributed by atoms with Crippen molar-refractivity contribution in [3.63, 3.8) is 0 Å². The van der Waals surface area contributed by atoms with Crippen LogP contribution in [0.5, 0.6) is 5.88 Å². The molecule has 0 radical (unpaired) electrons. The predicted molar refractivity (Wildman–Crippen MR) is 143 cm³/mol. The first-order valence-electron chi connectivity index (χ1n) is 13.8. The lowest BCUT2D eigenvalue weighted by Gasteiger charge is -2.46. The molecular weight excluding hydrogens is 487 g/mol. The predicted octanol–water partition coefficient (Wildman–Crippen LogP) is 2.76. The summed E-state index contributed by atoms with van der Waals surface area (Å²) in [6, 6.07) is 11.1. The Hall–Kier alpha value is -2.79. The average molecular weight is 525 g/mol. The highest BCUT2D eigenvalue weighted by atomic mass is 19.1. The summed E-state index contributed by atoms with van der Waals surface area (Å²) in [6.45, 7) is 10.8. The molecule has 0 spiro atoms. The molecule has 3 aliphatic heterocycles. The van der Waals surface area contributed by atoms with Gasteiger partial charge in [0.15, 0.2) is 11.4 Å². The van der Waals surface area contributed by atoms with Crippen LogP contribution in [0.3, 0.4) is 0 Å². The lowest BCUT2D eigenvalue weighted by atomic mass is 9.91. The number of fused-ring (bicyclic) bond motifs is 2. The fraction of sp³-hybridized carbons (Fsp3) is 0.571. The molecule has 6 rings (SSSR count). The van der Waals surface area contributed by atoms with Crippen LogP contribution < -0.4 is 15.0 Å². The molecule has 5 heterocycles. The molecule has 3 aromatic rings. The van der Waals surface area contributed by atoms with Gasteiger partial charge in [0.1, 0.15) is 5.82 Å². The Bertz CT molecular complexity index is 1200. The Balaban J connectivity index is 0.951. The van der Waals surface area contributed by atoms with E-state index < -0.39 is 0 Å². The third-order valence-corrected chi connectivity index (χ3v) is 7.98. The highest BCUT2D eigenvalue weighted by molar-refractivity contribution is 5.88. The van der Waals surface area contributed by atoms with Crippen molar-refractivity contribution in [1.29, 1.82) is 0 Å². The van der Waals surface area contributed by atoms with Crippen molar-refractivity contribution in [2.45, 2.75) is 25.4 Å². The number of piperazine rings is 1. The summed E-state index contributed by atoms with van der Waals surface area (Å²) in [6.07, 6.45) is 2.22. The molecule has 0 amide bonds. The first-order chi connectivity index (χ1) is 18.7. The van der Waals surface area contributed by atoms with E-state index in [0.717, 1.165) is 102 Å². The summed E-state index contributed by atoms with van der Waals surface area (Å²) in [5.41, 5.74) is 1.63. The van der Waals surface area contributed by atoms with Crippen LogP contribution in [0.4, 0.5) is 10.2 Å². The maximum atomic E-state index is 13.8. The maximum Gasteiger partial charge on any atom is 0.213 e. The third kappa shape index (κ3) is 6.09. The fourth-order valence-corrected chi connectivity index (χ4v) is 5.83. The van der Waals surface area contributed by atoms with Crippen molar-refractivity contribution in [3.05, 3.63) is 47.9 Å².